The molecule has 0 saturated heterocycles. The highest BCUT2D eigenvalue weighted by atomic mass is 31.2. The largest absolute Gasteiger partial charge is 0.472 e. The Bertz CT molecular complexity index is 1080. The normalized spacial score (nSPS) is 24.2. The molecule has 0 aromatic carbocycles. The fraction of sp³-hybridized carbons (Fsp3) is 0.884. The Labute approximate surface area is 344 Å². The van der Waals surface area contributed by atoms with Gasteiger partial charge in [0, 0.05) is 0 Å². The van der Waals surface area contributed by atoms with Crippen LogP contribution in [0.1, 0.15) is 181 Å². The maximum absolute atomic E-state index is 12.9. The molecule has 0 aliphatic heterocycles. The van der Waals surface area contributed by atoms with Crippen molar-refractivity contribution in [1.82, 2.24) is 5.32 Å². The van der Waals surface area contributed by atoms with Crippen molar-refractivity contribution >= 4 is 13.7 Å². The van der Waals surface area contributed by atoms with E-state index in [1.54, 1.807) is 6.08 Å². The number of amides is 1. The molecule has 1 fully saturated rings. The summed E-state index contributed by atoms with van der Waals surface area (Å²) >= 11 is 0. The third kappa shape index (κ3) is 25.9. The van der Waals surface area contributed by atoms with E-state index in [4.69, 9.17) is 9.05 Å². The maximum Gasteiger partial charge on any atom is 0.472 e. The van der Waals surface area contributed by atoms with Crippen molar-refractivity contribution in [3.05, 3.63) is 24.3 Å². The molecule has 1 rings (SSSR count). The van der Waals surface area contributed by atoms with Gasteiger partial charge in [0.1, 0.15) is 36.6 Å². The van der Waals surface area contributed by atoms with Crippen LogP contribution in [0.2, 0.25) is 0 Å². The summed E-state index contributed by atoms with van der Waals surface area (Å²) in [5, 5.41) is 74.1. The molecule has 57 heavy (non-hydrogen) atoms. The van der Waals surface area contributed by atoms with Gasteiger partial charge in [0.15, 0.2) is 0 Å². The van der Waals surface area contributed by atoms with Crippen molar-refractivity contribution in [3.63, 3.8) is 0 Å². The maximum atomic E-state index is 12.9. The zero-order valence-corrected chi connectivity index (χ0v) is 36.1. The smallest absolute Gasteiger partial charge is 0.392 e. The van der Waals surface area contributed by atoms with Crippen molar-refractivity contribution in [2.24, 2.45) is 0 Å². The Hall–Kier alpha value is -1.22. The first-order chi connectivity index (χ1) is 27.3. The highest BCUT2D eigenvalue weighted by molar-refractivity contribution is 7.47. The molecule has 0 bridgehead atoms. The van der Waals surface area contributed by atoms with E-state index in [2.05, 4.69) is 19.2 Å². The van der Waals surface area contributed by atoms with Gasteiger partial charge in [-0.2, -0.15) is 0 Å². The summed E-state index contributed by atoms with van der Waals surface area (Å²) in [5.74, 6) is -0.629. The summed E-state index contributed by atoms with van der Waals surface area (Å²) < 4.78 is 22.8. The molecule has 0 radical (unpaired) electrons. The second-order valence-electron chi connectivity index (χ2n) is 16.1. The second kappa shape index (κ2) is 33.5. The van der Waals surface area contributed by atoms with Crippen molar-refractivity contribution < 1.29 is 59.0 Å². The number of phosphoric ester groups is 1. The molecule has 0 spiro atoms. The summed E-state index contributed by atoms with van der Waals surface area (Å²) in [6.07, 6.45) is 21.8. The molecule has 8 atom stereocenters. The van der Waals surface area contributed by atoms with Gasteiger partial charge in [-0.3, -0.25) is 13.8 Å². The average molecular weight is 836 g/mol. The van der Waals surface area contributed by atoms with Crippen LogP contribution in [0.15, 0.2) is 24.3 Å². The number of rotatable bonds is 36. The van der Waals surface area contributed by atoms with Crippen LogP contribution in [0.5, 0.6) is 0 Å². The van der Waals surface area contributed by atoms with Gasteiger partial charge in [-0.1, -0.05) is 167 Å². The molecular weight excluding hydrogens is 753 g/mol. The van der Waals surface area contributed by atoms with Crippen LogP contribution in [-0.2, 0) is 18.4 Å². The predicted molar refractivity (Wildman–Crippen MR) is 224 cm³/mol. The van der Waals surface area contributed by atoms with E-state index < -0.39 is 75.2 Å². The fourth-order valence-corrected chi connectivity index (χ4v) is 8.03. The zero-order chi connectivity index (χ0) is 42.3. The van der Waals surface area contributed by atoms with Crippen LogP contribution in [0.3, 0.4) is 0 Å². The van der Waals surface area contributed by atoms with Gasteiger partial charge in [-0.05, 0) is 32.1 Å². The molecule has 9 N–H and O–H groups in total. The fourth-order valence-electron chi connectivity index (χ4n) is 7.06. The van der Waals surface area contributed by atoms with Crippen LogP contribution in [0.4, 0.5) is 0 Å². The van der Waals surface area contributed by atoms with Gasteiger partial charge in [-0.15, -0.1) is 0 Å². The molecule has 1 aliphatic rings. The third-order valence-electron chi connectivity index (χ3n) is 10.8. The van der Waals surface area contributed by atoms with E-state index in [1.807, 2.05) is 12.2 Å². The molecule has 1 amide bonds. The molecule has 0 aromatic rings. The minimum absolute atomic E-state index is 0.252. The molecule has 336 valence electrons. The monoisotopic (exact) mass is 836 g/mol. The van der Waals surface area contributed by atoms with Crippen LogP contribution in [0.25, 0.3) is 0 Å². The first-order valence-corrected chi connectivity index (χ1v) is 23.9. The molecule has 0 aromatic heterocycles. The van der Waals surface area contributed by atoms with Crippen LogP contribution in [-0.4, -0.2) is 108 Å². The number of nitrogens with one attached hydrogen (secondary N) is 1. The minimum atomic E-state index is -5.14. The van der Waals surface area contributed by atoms with Gasteiger partial charge in [0.2, 0.25) is 5.91 Å². The summed E-state index contributed by atoms with van der Waals surface area (Å²) in [6, 6.07) is -1.25. The number of aliphatic hydroxyl groups is 7. The van der Waals surface area contributed by atoms with Gasteiger partial charge < -0.3 is 46.0 Å². The Morgan fingerprint density at radius 3 is 1.49 bits per heavy atom. The van der Waals surface area contributed by atoms with Crippen molar-refractivity contribution in [3.8, 4) is 0 Å². The first kappa shape index (κ1) is 53.8. The standard InChI is InChI=1S/C43H82NO12P/c1-3-5-7-9-11-12-13-14-15-16-17-18-19-20-21-22-23-25-27-29-31-36(46)35(44-37(47)32-34(45)30-28-26-24-10-8-6-4-2)33-55-57(53,54)56-43-41(51)39(49)38(48)40(50)42(43)52/h26,28-29,31,34-36,38-43,45-46,48-52H,3-25,27,30,32-33H2,1-2H3,(H,44,47)(H,53,54)/b28-26-,31-29+. The van der Waals surface area contributed by atoms with E-state index in [9.17, 15) is 50.0 Å². The molecule has 13 nitrogen and oxygen atoms in total. The second-order valence-corrected chi connectivity index (χ2v) is 17.5. The lowest BCUT2D eigenvalue weighted by molar-refractivity contribution is -0.220. The van der Waals surface area contributed by atoms with E-state index in [0.29, 0.717) is 6.42 Å². The highest BCUT2D eigenvalue weighted by Gasteiger charge is 2.51. The van der Waals surface area contributed by atoms with Crippen molar-refractivity contribution in [2.45, 2.75) is 236 Å². The van der Waals surface area contributed by atoms with Gasteiger partial charge in [0.25, 0.3) is 0 Å². The molecule has 1 saturated carbocycles. The van der Waals surface area contributed by atoms with E-state index in [-0.39, 0.29) is 12.8 Å². The molecule has 0 heterocycles. The Kier molecular flexibility index (Phi) is 31.6. The van der Waals surface area contributed by atoms with Crippen LogP contribution >= 0.6 is 7.82 Å². The third-order valence-corrected chi connectivity index (χ3v) is 11.8. The zero-order valence-electron chi connectivity index (χ0n) is 35.3. The van der Waals surface area contributed by atoms with Crippen molar-refractivity contribution in [2.75, 3.05) is 6.61 Å². The number of unbranched alkanes of at least 4 members (excludes halogenated alkanes) is 22. The van der Waals surface area contributed by atoms with E-state index in [1.165, 1.54) is 109 Å². The lowest BCUT2D eigenvalue weighted by Gasteiger charge is -2.41. The predicted octanol–water partition coefficient (Wildman–Crippen LogP) is 6.81. The van der Waals surface area contributed by atoms with Crippen molar-refractivity contribution in [1.29, 1.82) is 0 Å². The SMILES string of the molecule is CCCCCC/C=C\CC(O)CC(=O)NC(COP(=O)(O)OC1C(O)C(O)C(O)C(O)C1O)C(O)/C=C/CCCCCCCCCCCCCCCCCCCC. The quantitative estimate of drug-likeness (QED) is 0.0180. The lowest BCUT2D eigenvalue weighted by atomic mass is 9.85. The average Bonchev–Trinajstić information content (AvgIpc) is 3.18. The van der Waals surface area contributed by atoms with Gasteiger partial charge in [0.05, 0.1) is 31.3 Å². The summed E-state index contributed by atoms with van der Waals surface area (Å²) in [6.45, 7) is 3.65. The minimum Gasteiger partial charge on any atom is -0.392 e. The topological polar surface area (TPSA) is 226 Å². The molecule has 14 heteroatoms. The number of carbonyl (C=O) groups excluding carboxylic acids is 1. The molecule has 1 aliphatic carbocycles. The van der Waals surface area contributed by atoms with E-state index >= 15 is 0 Å². The number of phosphoric acid groups is 1. The Morgan fingerprint density at radius 1 is 0.614 bits per heavy atom. The summed E-state index contributed by atoms with van der Waals surface area (Å²) in [4.78, 5) is 23.3. The van der Waals surface area contributed by atoms with Crippen LogP contribution < -0.4 is 5.32 Å². The van der Waals surface area contributed by atoms with Gasteiger partial charge >= 0.3 is 7.82 Å². The number of hydrogen-bond acceptors (Lipinski definition) is 11. The number of aliphatic hydroxyl groups excluding tert-OH is 7. The van der Waals surface area contributed by atoms with E-state index in [0.717, 1.165) is 44.9 Å². The number of hydrogen-bond donors (Lipinski definition) is 9. The molecular formula is C43H82NO12P. The number of carbonyl (C=O) groups is 1. The van der Waals surface area contributed by atoms with Crippen LogP contribution in [0, 0.1) is 0 Å². The Balaban J connectivity index is 2.52. The highest BCUT2D eigenvalue weighted by Crippen LogP contribution is 2.47. The number of allylic oxidation sites excluding steroid dienone is 2. The molecule has 8 unspecified atom stereocenters. The summed E-state index contributed by atoms with van der Waals surface area (Å²) in [7, 11) is -5.14. The first-order valence-electron chi connectivity index (χ1n) is 22.4. The van der Waals surface area contributed by atoms with Gasteiger partial charge in [-0.25, -0.2) is 4.57 Å². The summed E-state index contributed by atoms with van der Waals surface area (Å²) in [5.41, 5.74) is 0. The Morgan fingerprint density at radius 2 is 1.02 bits per heavy atom. The lowest BCUT2D eigenvalue weighted by Crippen LogP contribution is -2.64.